The third kappa shape index (κ3) is 2.31. The molecule has 0 saturated carbocycles. The number of rotatable bonds is 1. The third-order valence-electron chi connectivity index (χ3n) is 3.46. The fraction of sp³-hybridized carbons (Fsp3) is 0.286. The van der Waals surface area contributed by atoms with Crippen LogP contribution in [0.3, 0.4) is 0 Å². The van der Waals surface area contributed by atoms with Gasteiger partial charge in [-0.2, -0.15) is 9.78 Å². The molecule has 20 heavy (non-hydrogen) atoms. The molecule has 2 aromatic rings. The van der Waals surface area contributed by atoms with Gasteiger partial charge in [0.05, 0.1) is 5.69 Å². The molecule has 104 valence electrons. The Morgan fingerprint density at radius 3 is 2.75 bits per heavy atom. The molecule has 5 nitrogen and oxygen atoms in total. The van der Waals surface area contributed by atoms with Crippen LogP contribution in [0.2, 0.25) is 0 Å². The van der Waals surface area contributed by atoms with E-state index in [9.17, 15) is 4.79 Å². The number of carbonyl (C=O) groups is 1. The van der Waals surface area contributed by atoms with Crippen LogP contribution in [0.15, 0.2) is 28.7 Å². The molecule has 0 spiro atoms. The van der Waals surface area contributed by atoms with Crippen LogP contribution in [-0.2, 0) is 6.42 Å². The van der Waals surface area contributed by atoms with E-state index in [1.54, 1.807) is 0 Å². The van der Waals surface area contributed by atoms with Gasteiger partial charge in [-0.1, -0.05) is 28.1 Å². The summed E-state index contributed by atoms with van der Waals surface area (Å²) in [6.45, 7) is 0.839. The first-order chi connectivity index (χ1) is 9.66. The van der Waals surface area contributed by atoms with Gasteiger partial charge in [-0.05, 0) is 31.4 Å². The van der Waals surface area contributed by atoms with Crippen molar-refractivity contribution in [3.8, 4) is 11.3 Å². The molecule has 0 unspecified atom stereocenters. The fourth-order valence-electron chi connectivity index (χ4n) is 2.50. The van der Waals surface area contributed by atoms with Gasteiger partial charge in [0.15, 0.2) is 0 Å². The number of amides is 1. The predicted molar refractivity (Wildman–Crippen MR) is 81.8 cm³/mol. The molecule has 1 aliphatic heterocycles. The first kappa shape index (κ1) is 13.2. The highest BCUT2D eigenvalue weighted by molar-refractivity contribution is 9.10. The van der Waals surface area contributed by atoms with Gasteiger partial charge in [0.2, 0.25) is 0 Å². The minimum atomic E-state index is -0.556. The second-order valence-electron chi connectivity index (χ2n) is 4.82. The van der Waals surface area contributed by atoms with Crippen molar-refractivity contribution < 1.29 is 4.79 Å². The predicted octanol–water partition coefficient (Wildman–Crippen LogP) is 2.99. The summed E-state index contributed by atoms with van der Waals surface area (Å²) in [4.78, 5) is 11.6. The van der Waals surface area contributed by atoms with Gasteiger partial charge in [0.1, 0.15) is 5.82 Å². The number of nitrogens with one attached hydrogen (secondary N) is 1. The number of carbonyl (C=O) groups excluding carboxylic acids is 1. The van der Waals surface area contributed by atoms with Crippen LogP contribution in [0.4, 0.5) is 10.6 Å². The molecule has 0 saturated heterocycles. The van der Waals surface area contributed by atoms with Crippen molar-refractivity contribution in [1.29, 1.82) is 0 Å². The number of benzene rings is 1. The van der Waals surface area contributed by atoms with E-state index < -0.39 is 6.03 Å². The normalized spacial score (nSPS) is 14.2. The van der Waals surface area contributed by atoms with Crippen LogP contribution in [0.25, 0.3) is 11.3 Å². The lowest BCUT2D eigenvalue weighted by Gasteiger charge is -2.04. The molecule has 3 N–H and O–H groups in total. The largest absolute Gasteiger partial charge is 0.370 e. The first-order valence-corrected chi connectivity index (χ1v) is 7.37. The number of hydrogen-bond donors (Lipinski definition) is 2. The zero-order chi connectivity index (χ0) is 14.1. The standard InChI is InChI=1S/C14H15BrN4O/c15-10-6-4-9(5-7-10)12-11-3-1-2-8-17-13(11)19(18-12)14(16)20/h4-7,17H,1-3,8H2,(H2,16,20). The maximum absolute atomic E-state index is 11.6. The molecule has 1 aromatic heterocycles. The number of primary amides is 1. The Morgan fingerprint density at radius 2 is 2.05 bits per heavy atom. The Kier molecular flexibility index (Phi) is 3.48. The average molecular weight is 335 g/mol. The lowest BCUT2D eigenvalue weighted by atomic mass is 10.0. The number of nitrogens with two attached hydrogens (primary N) is 1. The molecule has 3 rings (SSSR count). The van der Waals surface area contributed by atoms with E-state index in [0.717, 1.165) is 52.9 Å². The van der Waals surface area contributed by atoms with E-state index in [1.165, 1.54) is 4.68 Å². The molecule has 1 aromatic carbocycles. The Morgan fingerprint density at radius 1 is 1.30 bits per heavy atom. The number of aromatic nitrogens is 2. The van der Waals surface area contributed by atoms with Gasteiger partial charge in [-0.3, -0.25) is 0 Å². The molecule has 0 bridgehead atoms. The number of nitrogens with zero attached hydrogens (tertiary/aromatic N) is 2. The highest BCUT2D eigenvalue weighted by Crippen LogP contribution is 2.32. The quantitative estimate of drug-likeness (QED) is 0.841. The Balaban J connectivity index is 2.15. The summed E-state index contributed by atoms with van der Waals surface area (Å²) in [5.41, 5.74) is 8.32. The van der Waals surface area contributed by atoms with Gasteiger partial charge in [0, 0.05) is 22.1 Å². The molecular weight excluding hydrogens is 320 g/mol. The molecule has 0 aliphatic carbocycles. The van der Waals surface area contributed by atoms with Crippen LogP contribution in [0.5, 0.6) is 0 Å². The molecule has 1 aliphatic rings. The Bertz CT molecular complexity index is 648. The van der Waals surface area contributed by atoms with Crippen molar-refractivity contribution in [1.82, 2.24) is 9.78 Å². The smallest absolute Gasteiger partial charge is 0.341 e. The number of anilines is 1. The number of fused-ring (bicyclic) bond motifs is 1. The van der Waals surface area contributed by atoms with Crippen molar-refractivity contribution in [3.05, 3.63) is 34.3 Å². The summed E-state index contributed by atoms with van der Waals surface area (Å²) in [5.74, 6) is 0.743. The summed E-state index contributed by atoms with van der Waals surface area (Å²) in [5, 5.41) is 7.66. The highest BCUT2D eigenvalue weighted by atomic mass is 79.9. The van der Waals surface area contributed by atoms with E-state index >= 15 is 0 Å². The van der Waals surface area contributed by atoms with Crippen molar-refractivity contribution in [2.45, 2.75) is 19.3 Å². The number of halogens is 1. The highest BCUT2D eigenvalue weighted by Gasteiger charge is 2.22. The number of hydrogen-bond acceptors (Lipinski definition) is 3. The van der Waals surface area contributed by atoms with Crippen LogP contribution >= 0.6 is 15.9 Å². The molecule has 0 radical (unpaired) electrons. The summed E-state index contributed by atoms with van der Waals surface area (Å²) in [6.07, 6.45) is 3.06. The lowest BCUT2D eigenvalue weighted by Crippen LogP contribution is -2.23. The third-order valence-corrected chi connectivity index (χ3v) is 3.98. The fourth-order valence-corrected chi connectivity index (χ4v) is 2.77. The molecule has 0 atom stereocenters. The van der Waals surface area contributed by atoms with E-state index in [-0.39, 0.29) is 0 Å². The van der Waals surface area contributed by atoms with Crippen molar-refractivity contribution in [2.75, 3.05) is 11.9 Å². The minimum Gasteiger partial charge on any atom is -0.370 e. The van der Waals surface area contributed by atoms with Crippen molar-refractivity contribution in [3.63, 3.8) is 0 Å². The topological polar surface area (TPSA) is 72.9 Å². The summed E-state index contributed by atoms with van der Waals surface area (Å²) in [6, 6.07) is 7.36. The molecular formula is C14H15BrN4O. The lowest BCUT2D eigenvalue weighted by molar-refractivity contribution is 0.248. The Hall–Kier alpha value is -1.82. The van der Waals surface area contributed by atoms with Crippen molar-refractivity contribution >= 4 is 27.8 Å². The van der Waals surface area contributed by atoms with E-state index in [0.29, 0.717) is 0 Å². The van der Waals surface area contributed by atoms with Crippen LogP contribution in [0, 0.1) is 0 Å². The SMILES string of the molecule is NC(=O)n1nc(-c2ccc(Br)cc2)c2c1NCCCC2. The maximum atomic E-state index is 11.6. The monoisotopic (exact) mass is 334 g/mol. The van der Waals surface area contributed by atoms with Crippen LogP contribution in [-0.4, -0.2) is 22.4 Å². The maximum Gasteiger partial charge on any atom is 0.341 e. The van der Waals surface area contributed by atoms with Crippen molar-refractivity contribution in [2.24, 2.45) is 5.73 Å². The van der Waals surface area contributed by atoms with Gasteiger partial charge in [-0.15, -0.1) is 0 Å². The van der Waals surface area contributed by atoms with Crippen LogP contribution < -0.4 is 11.1 Å². The zero-order valence-electron chi connectivity index (χ0n) is 10.9. The second kappa shape index (κ2) is 5.28. The summed E-state index contributed by atoms with van der Waals surface area (Å²) in [7, 11) is 0. The van der Waals surface area contributed by atoms with E-state index in [4.69, 9.17) is 5.73 Å². The van der Waals surface area contributed by atoms with E-state index in [1.807, 2.05) is 24.3 Å². The average Bonchev–Trinajstić information content (AvgIpc) is 2.63. The molecule has 0 fully saturated rings. The second-order valence-corrected chi connectivity index (χ2v) is 5.73. The van der Waals surface area contributed by atoms with Gasteiger partial charge >= 0.3 is 6.03 Å². The Labute approximate surface area is 125 Å². The molecule has 1 amide bonds. The van der Waals surface area contributed by atoms with Crippen LogP contribution in [0.1, 0.15) is 18.4 Å². The zero-order valence-corrected chi connectivity index (χ0v) is 12.5. The first-order valence-electron chi connectivity index (χ1n) is 6.58. The molecule has 2 heterocycles. The van der Waals surface area contributed by atoms with Gasteiger partial charge in [-0.25, -0.2) is 4.79 Å². The summed E-state index contributed by atoms with van der Waals surface area (Å²) < 4.78 is 2.29. The minimum absolute atomic E-state index is 0.556. The van der Waals surface area contributed by atoms with Gasteiger partial charge in [0.25, 0.3) is 0 Å². The summed E-state index contributed by atoms with van der Waals surface area (Å²) >= 11 is 3.42. The molecule has 6 heteroatoms. The van der Waals surface area contributed by atoms with E-state index in [2.05, 4.69) is 26.3 Å². The van der Waals surface area contributed by atoms with Gasteiger partial charge < -0.3 is 11.1 Å².